The van der Waals surface area contributed by atoms with E-state index in [0.29, 0.717) is 37.4 Å². The average molecular weight is 318 g/mol. The first kappa shape index (κ1) is 15.5. The fourth-order valence-corrected chi connectivity index (χ4v) is 2.89. The predicted octanol–water partition coefficient (Wildman–Crippen LogP) is 2.07. The van der Waals surface area contributed by atoms with Gasteiger partial charge in [-0.1, -0.05) is 6.07 Å². The molecule has 6 nitrogen and oxygen atoms in total. The smallest absolute Gasteiger partial charge is 0.321 e. The summed E-state index contributed by atoms with van der Waals surface area (Å²) in [4.78, 5) is 18.1. The number of rotatable bonds is 2. The third-order valence-corrected chi connectivity index (χ3v) is 4.19. The third kappa shape index (κ3) is 3.19. The molecule has 0 spiro atoms. The van der Waals surface area contributed by atoms with Gasteiger partial charge in [0.2, 0.25) is 0 Å². The summed E-state index contributed by atoms with van der Waals surface area (Å²) in [6.45, 7) is 0.815. The lowest BCUT2D eigenvalue weighted by Gasteiger charge is -2.37. The highest BCUT2D eigenvalue weighted by Crippen LogP contribution is 2.31. The van der Waals surface area contributed by atoms with E-state index >= 15 is 0 Å². The maximum absolute atomic E-state index is 13.1. The summed E-state index contributed by atoms with van der Waals surface area (Å²) in [6, 6.07) is 5.48. The molecule has 0 saturated carbocycles. The van der Waals surface area contributed by atoms with Gasteiger partial charge in [-0.25, -0.2) is 14.2 Å². The van der Waals surface area contributed by atoms with Crippen LogP contribution in [0.4, 0.5) is 14.9 Å². The number of aromatic nitrogens is 2. The van der Waals surface area contributed by atoms with Crippen molar-refractivity contribution >= 4 is 11.7 Å². The van der Waals surface area contributed by atoms with Gasteiger partial charge in [-0.3, -0.25) is 0 Å². The Morgan fingerprint density at radius 2 is 2.13 bits per heavy atom. The molecule has 2 aromatic rings. The molecule has 0 unspecified atom stereocenters. The first-order chi connectivity index (χ1) is 11.0. The number of aliphatic hydroxyl groups is 1. The summed E-state index contributed by atoms with van der Waals surface area (Å²) in [7, 11) is 1.84. The van der Waals surface area contributed by atoms with Crippen LogP contribution in [0.15, 0.2) is 36.7 Å². The van der Waals surface area contributed by atoms with E-state index in [1.54, 1.807) is 34.0 Å². The number of halogens is 1. The number of imidazole rings is 1. The molecule has 1 aliphatic rings. The molecule has 2 heterocycles. The SMILES string of the molecule is Cn1ccnc1C1(O)CCN(C(=O)Nc2cccc(F)c2)CC1. The third-order valence-electron chi connectivity index (χ3n) is 4.19. The van der Waals surface area contributed by atoms with Gasteiger partial charge in [-0.2, -0.15) is 0 Å². The second-order valence-electron chi connectivity index (χ2n) is 5.82. The van der Waals surface area contributed by atoms with Gasteiger partial charge in [0.05, 0.1) is 0 Å². The first-order valence-corrected chi connectivity index (χ1v) is 7.50. The molecule has 1 aliphatic heterocycles. The molecule has 1 aromatic heterocycles. The maximum Gasteiger partial charge on any atom is 0.321 e. The Kier molecular flexibility index (Phi) is 4.04. The number of nitrogens with one attached hydrogen (secondary N) is 1. The normalized spacial score (nSPS) is 17.1. The van der Waals surface area contributed by atoms with Gasteiger partial charge in [0, 0.05) is 51.1 Å². The van der Waals surface area contributed by atoms with Crippen LogP contribution in [0.2, 0.25) is 0 Å². The highest BCUT2D eigenvalue weighted by Gasteiger charge is 2.38. The van der Waals surface area contributed by atoms with Gasteiger partial charge < -0.3 is 19.9 Å². The fourth-order valence-electron chi connectivity index (χ4n) is 2.89. The van der Waals surface area contributed by atoms with E-state index in [2.05, 4.69) is 10.3 Å². The standard InChI is InChI=1S/C16H19FN4O2/c1-20-10-7-18-14(20)16(23)5-8-21(9-6-16)15(22)19-13-4-2-3-12(17)11-13/h2-4,7,10-11,23H,5-6,8-9H2,1H3,(H,19,22). The number of carbonyl (C=O) groups excluding carboxylic acids is 1. The molecule has 1 fully saturated rings. The molecule has 3 rings (SSSR count). The van der Waals surface area contributed by atoms with E-state index in [-0.39, 0.29) is 6.03 Å². The topological polar surface area (TPSA) is 70.4 Å². The van der Waals surface area contributed by atoms with E-state index in [1.165, 1.54) is 12.1 Å². The molecule has 7 heteroatoms. The number of nitrogens with zero attached hydrogens (tertiary/aromatic N) is 3. The monoisotopic (exact) mass is 318 g/mol. The maximum atomic E-state index is 13.1. The Bertz CT molecular complexity index is 708. The lowest BCUT2D eigenvalue weighted by Crippen LogP contribution is -2.47. The minimum absolute atomic E-state index is 0.294. The van der Waals surface area contributed by atoms with E-state index in [9.17, 15) is 14.3 Å². The molecule has 2 amide bonds. The highest BCUT2D eigenvalue weighted by molar-refractivity contribution is 5.89. The van der Waals surface area contributed by atoms with Gasteiger partial charge in [0.15, 0.2) is 0 Å². The summed E-state index contributed by atoms with van der Waals surface area (Å²) < 4.78 is 14.9. The van der Waals surface area contributed by atoms with Crippen molar-refractivity contribution in [2.75, 3.05) is 18.4 Å². The second kappa shape index (κ2) is 6.00. The van der Waals surface area contributed by atoms with Crippen molar-refractivity contribution in [1.82, 2.24) is 14.5 Å². The number of anilines is 1. The summed E-state index contributed by atoms with van der Waals surface area (Å²) in [5, 5.41) is 13.4. The lowest BCUT2D eigenvalue weighted by molar-refractivity contribution is -0.0251. The Morgan fingerprint density at radius 3 is 2.74 bits per heavy atom. The zero-order valence-corrected chi connectivity index (χ0v) is 12.9. The molecular formula is C16H19FN4O2. The molecule has 1 aromatic carbocycles. The Labute approximate surface area is 133 Å². The van der Waals surface area contributed by atoms with Crippen LogP contribution in [0.25, 0.3) is 0 Å². The first-order valence-electron chi connectivity index (χ1n) is 7.50. The molecule has 122 valence electrons. The number of hydrogen-bond acceptors (Lipinski definition) is 3. The van der Waals surface area contributed by atoms with Crippen molar-refractivity contribution in [3.63, 3.8) is 0 Å². The van der Waals surface area contributed by atoms with Crippen molar-refractivity contribution in [3.8, 4) is 0 Å². The number of aryl methyl sites for hydroxylation is 1. The number of amides is 2. The van der Waals surface area contributed by atoms with E-state index in [1.807, 2.05) is 7.05 Å². The van der Waals surface area contributed by atoms with E-state index in [4.69, 9.17) is 0 Å². The Hall–Kier alpha value is -2.41. The molecule has 1 saturated heterocycles. The lowest BCUT2D eigenvalue weighted by atomic mass is 9.90. The van der Waals surface area contributed by atoms with E-state index < -0.39 is 11.4 Å². The largest absolute Gasteiger partial charge is 0.382 e. The average Bonchev–Trinajstić information content (AvgIpc) is 2.95. The van der Waals surface area contributed by atoms with Gasteiger partial charge >= 0.3 is 6.03 Å². The summed E-state index contributed by atoms with van der Waals surface area (Å²) in [6.07, 6.45) is 4.26. The van der Waals surface area contributed by atoms with Crippen LogP contribution in [0.1, 0.15) is 18.7 Å². The van der Waals surface area contributed by atoms with Gasteiger partial charge in [0.1, 0.15) is 17.2 Å². The van der Waals surface area contributed by atoms with Gasteiger partial charge in [-0.15, -0.1) is 0 Å². The number of benzene rings is 1. The van der Waals surface area contributed by atoms with Crippen LogP contribution in [0.5, 0.6) is 0 Å². The van der Waals surface area contributed by atoms with Crippen molar-refractivity contribution < 1.29 is 14.3 Å². The summed E-state index contributed by atoms with van der Waals surface area (Å²) in [5.74, 6) is 0.216. The molecule has 0 aliphatic carbocycles. The predicted molar refractivity (Wildman–Crippen MR) is 83.3 cm³/mol. The number of piperidine rings is 1. The van der Waals surface area contributed by atoms with Crippen molar-refractivity contribution in [3.05, 3.63) is 48.3 Å². The van der Waals surface area contributed by atoms with Crippen LogP contribution in [-0.4, -0.2) is 38.7 Å². The van der Waals surface area contributed by atoms with Gasteiger partial charge in [-0.05, 0) is 18.2 Å². The van der Waals surface area contributed by atoms with Gasteiger partial charge in [0.25, 0.3) is 0 Å². The zero-order chi connectivity index (χ0) is 16.4. The fraction of sp³-hybridized carbons (Fsp3) is 0.375. The molecule has 0 atom stereocenters. The zero-order valence-electron chi connectivity index (χ0n) is 12.9. The Morgan fingerprint density at radius 1 is 1.39 bits per heavy atom. The molecule has 0 radical (unpaired) electrons. The molecule has 2 N–H and O–H groups in total. The van der Waals surface area contributed by atoms with Crippen molar-refractivity contribution in [2.45, 2.75) is 18.4 Å². The minimum Gasteiger partial charge on any atom is -0.382 e. The van der Waals surface area contributed by atoms with Crippen molar-refractivity contribution in [2.24, 2.45) is 7.05 Å². The van der Waals surface area contributed by atoms with Crippen LogP contribution in [0, 0.1) is 5.82 Å². The van der Waals surface area contributed by atoms with E-state index in [0.717, 1.165) is 0 Å². The Balaban J connectivity index is 1.62. The minimum atomic E-state index is -1.02. The summed E-state index contributed by atoms with van der Waals surface area (Å²) in [5.41, 5.74) is -0.603. The number of urea groups is 1. The quantitative estimate of drug-likeness (QED) is 0.890. The van der Waals surface area contributed by atoms with Crippen LogP contribution >= 0.6 is 0 Å². The molecular weight excluding hydrogens is 299 g/mol. The molecule has 0 bridgehead atoms. The second-order valence-corrected chi connectivity index (χ2v) is 5.82. The van der Waals surface area contributed by atoms with Crippen LogP contribution in [-0.2, 0) is 12.6 Å². The number of hydrogen-bond donors (Lipinski definition) is 2. The number of carbonyl (C=O) groups is 1. The molecule has 23 heavy (non-hydrogen) atoms. The summed E-state index contributed by atoms with van der Waals surface area (Å²) >= 11 is 0. The van der Waals surface area contributed by atoms with Crippen LogP contribution in [0.3, 0.4) is 0 Å². The highest BCUT2D eigenvalue weighted by atomic mass is 19.1. The van der Waals surface area contributed by atoms with Crippen LogP contribution < -0.4 is 5.32 Å². The van der Waals surface area contributed by atoms with Crippen molar-refractivity contribution in [1.29, 1.82) is 0 Å². The number of likely N-dealkylation sites (tertiary alicyclic amines) is 1.